The molecule has 1 aromatic heterocycles. The van der Waals surface area contributed by atoms with Crippen LogP contribution in [0.15, 0.2) is 52.2 Å². The van der Waals surface area contributed by atoms with E-state index in [1.165, 1.54) is 16.4 Å². The van der Waals surface area contributed by atoms with Crippen molar-refractivity contribution in [3.05, 3.63) is 58.5 Å². The van der Waals surface area contributed by atoms with E-state index in [1.807, 2.05) is 0 Å². The largest absolute Gasteiger partial charge is 0.490 e. The maximum atomic E-state index is 13.2. The van der Waals surface area contributed by atoms with E-state index in [9.17, 15) is 18.0 Å². The molecule has 1 N–H and O–H groups in total. The highest BCUT2D eigenvalue weighted by molar-refractivity contribution is 7.89. The number of amides is 1. The van der Waals surface area contributed by atoms with Gasteiger partial charge in [0, 0.05) is 44.1 Å². The van der Waals surface area contributed by atoms with Crippen LogP contribution in [0, 0.1) is 0 Å². The minimum absolute atomic E-state index is 0.0200. The number of nitrogens with one attached hydrogen (secondary N) is 1. The van der Waals surface area contributed by atoms with Crippen molar-refractivity contribution < 1.29 is 22.7 Å². The van der Waals surface area contributed by atoms with E-state index in [-0.39, 0.29) is 49.0 Å². The Balaban J connectivity index is 1.27. The Hall–Kier alpha value is -3.44. The minimum Gasteiger partial charge on any atom is -0.490 e. The number of hydrogen-bond acceptors (Lipinski definition) is 7. The predicted molar refractivity (Wildman–Crippen MR) is 123 cm³/mol. The molecule has 0 aliphatic carbocycles. The number of fused-ring (bicyclic) bond motifs is 2. The highest BCUT2D eigenvalue weighted by atomic mass is 32.2. The molecule has 5 rings (SSSR count). The van der Waals surface area contributed by atoms with Gasteiger partial charge in [0.15, 0.2) is 11.5 Å². The molecule has 1 saturated heterocycles. The van der Waals surface area contributed by atoms with Gasteiger partial charge in [0.1, 0.15) is 0 Å². The number of rotatable bonds is 4. The lowest BCUT2D eigenvalue weighted by molar-refractivity contribution is -0.131. The second-order valence-electron chi connectivity index (χ2n) is 8.17. The summed E-state index contributed by atoms with van der Waals surface area (Å²) < 4.78 is 39.0. The number of sulfonamides is 1. The van der Waals surface area contributed by atoms with Crippen LogP contribution in [-0.4, -0.2) is 73.1 Å². The molecular weight excluding hydrogens is 460 g/mol. The summed E-state index contributed by atoms with van der Waals surface area (Å²) in [5.74, 6) is 0.792. The van der Waals surface area contributed by atoms with E-state index in [4.69, 9.17) is 9.47 Å². The van der Waals surface area contributed by atoms with Crippen molar-refractivity contribution in [2.45, 2.75) is 17.7 Å². The van der Waals surface area contributed by atoms with Gasteiger partial charge in [-0.15, -0.1) is 0 Å². The molecule has 10 nitrogen and oxygen atoms in total. The first kappa shape index (κ1) is 22.4. The number of carbonyl (C=O) groups excluding carboxylic acids is 1. The lowest BCUT2D eigenvalue weighted by atomic mass is 10.1. The van der Waals surface area contributed by atoms with Crippen molar-refractivity contribution in [1.29, 1.82) is 0 Å². The molecule has 11 heteroatoms. The number of hydrogen-bond donors (Lipinski definition) is 1. The number of nitrogens with zero attached hydrogens (tertiary/aromatic N) is 3. The summed E-state index contributed by atoms with van der Waals surface area (Å²) in [5.41, 5.74) is 0.183. The maximum Gasteiger partial charge on any atom is 0.272 e. The first-order chi connectivity index (χ1) is 16.4. The molecule has 0 bridgehead atoms. The summed E-state index contributed by atoms with van der Waals surface area (Å²) in [7, 11) is -3.74. The zero-order chi connectivity index (χ0) is 23.7. The molecule has 1 amide bonds. The van der Waals surface area contributed by atoms with Gasteiger partial charge in [-0.05, 0) is 18.2 Å². The van der Waals surface area contributed by atoms with Crippen LogP contribution in [0.25, 0.3) is 10.8 Å². The molecule has 0 unspecified atom stereocenters. The van der Waals surface area contributed by atoms with E-state index < -0.39 is 10.0 Å². The summed E-state index contributed by atoms with van der Waals surface area (Å²) in [5, 5.41) is 7.61. The molecule has 178 valence electrons. The third kappa shape index (κ3) is 4.24. The van der Waals surface area contributed by atoms with Gasteiger partial charge < -0.3 is 14.4 Å². The second-order valence-corrected chi connectivity index (χ2v) is 10.1. The number of carbonyl (C=O) groups is 1. The quantitative estimate of drug-likeness (QED) is 0.590. The minimum atomic E-state index is -3.74. The fourth-order valence-electron chi connectivity index (χ4n) is 4.19. The van der Waals surface area contributed by atoms with E-state index in [1.54, 1.807) is 35.2 Å². The Morgan fingerprint density at radius 2 is 1.68 bits per heavy atom. The van der Waals surface area contributed by atoms with Gasteiger partial charge >= 0.3 is 0 Å². The standard InChI is InChI=1S/C23H24N4O6S/c28-22(15-19-17-4-1-2-5-18(17)23(29)25-24-19)26-8-10-27(11-9-26)34(30,31)16-6-7-20-21(14-16)33-13-3-12-32-20/h1-2,4-7,14H,3,8-13,15H2,(H,25,29). The van der Waals surface area contributed by atoms with Crippen LogP contribution in [0.4, 0.5) is 0 Å². The summed E-state index contributed by atoms with van der Waals surface area (Å²) in [6.07, 6.45) is 0.753. The molecule has 0 spiro atoms. The monoisotopic (exact) mass is 484 g/mol. The average Bonchev–Trinajstić information content (AvgIpc) is 3.11. The van der Waals surface area contributed by atoms with Crippen molar-refractivity contribution in [2.75, 3.05) is 39.4 Å². The zero-order valence-electron chi connectivity index (χ0n) is 18.4. The van der Waals surface area contributed by atoms with E-state index >= 15 is 0 Å². The number of aromatic amines is 1. The maximum absolute atomic E-state index is 13.2. The van der Waals surface area contributed by atoms with Crippen molar-refractivity contribution in [3.8, 4) is 11.5 Å². The molecular formula is C23H24N4O6S. The van der Waals surface area contributed by atoms with Crippen molar-refractivity contribution in [2.24, 2.45) is 0 Å². The van der Waals surface area contributed by atoms with Gasteiger partial charge in [0.25, 0.3) is 5.56 Å². The Morgan fingerprint density at radius 1 is 0.971 bits per heavy atom. The smallest absolute Gasteiger partial charge is 0.272 e. The number of H-pyrrole nitrogens is 1. The van der Waals surface area contributed by atoms with Crippen molar-refractivity contribution in [1.82, 2.24) is 19.4 Å². The molecule has 34 heavy (non-hydrogen) atoms. The lowest BCUT2D eigenvalue weighted by Crippen LogP contribution is -2.50. The zero-order valence-corrected chi connectivity index (χ0v) is 19.2. The molecule has 2 aliphatic rings. The summed E-state index contributed by atoms with van der Waals surface area (Å²) in [4.78, 5) is 26.6. The van der Waals surface area contributed by atoms with Crippen LogP contribution in [0.2, 0.25) is 0 Å². The van der Waals surface area contributed by atoms with Crippen molar-refractivity contribution >= 4 is 26.7 Å². The van der Waals surface area contributed by atoms with Crippen LogP contribution in [0.5, 0.6) is 11.5 Å². The highest BCUT2D eigenvalue weighted by Gasteiger charge is 2.31. The van der Waals surface area contributed by atoms with Crippen LogP contribution >= 0.6 is 0 Å². The van der Waals surface area contributed by atoms with Crippen LogP contribution < -0.4 is 15.0 Å². The third-order valence-electron chi connectivity index (χ3n) is 6.04. The van der Waals surface area contributed by atoms with Crippen LogP contribution in [0.3, 0.4) is 0 Å². The topological polar surface area (TPSA) is 122 Å². The van der Waals surface area contributed by atoms with Crippen LogP contribution in [0.1, 0.15) is 12.1 Å². The normalized spacial score (nSPS) is 16.9. The number of ether oxygens (including phenoxy) is 2. The fraction of sp³-hybridized carbons (Fsp3) is 0.348. The van der Waals surface area contributed by atoms with Gasteiger partial charge in [0.05, 0.1) is 35.6 Å². The molecule has 0 saturated carbocycles. The highest BCUT2D eigenvalue weighted by Crippen LogP contribution is 2.33. The predicted octanol–water partition coefficient (Wildman–Crippen LogP) is 1.16. The van der Waals surface area contributed by atoms with Gasteiger partial charge in [-0.25, -0.2) is 13.5 Å². The lowest BCUT2D eigenvalue weighted by Gasteiger charge is -2.34. The van der Waals surface area contributed by atoms with E-state index in [2.05, 4.69) is 10.2 Å². The molecule has 0 atom stereocenters. The second kappa shape index (κ2) is 9.07. The number of aromatic nitrogens is 2. The number of piperazine rings is 1. The molecule has 3 aromatic rings. The van der Waals surface area contributed by atoms with E-state index in [0.717, 1.165) is 6.42 Å². The summed E-state index contributed by atoms with van der Waals surface area (Å²) >= 11 is 0. The van der Waals surface area contributed by atoms with E-state index in [0.29, 0.717) is 41.2 Å². The molecule has 2 aromatic carbocycles. The van der Waals surface area contributed by atoms with Gasteiger partial charge in [-0.1, -0.05) is 18.2 Å². The van der Waals surface area contributed by atoms with Crippen molar-refractivity contribution in [3.63, 3.8) is 0 Å². The Morgan fingerprint density at radius 3 is 2.44 bits per heavy atom. The summed E-state index contributed by atoms with van der Waals surface area (Å²) in [6, 6.07) is 11.6. The Labute approximate surface area is 196 Å². The molecule has 3 heterocycles. The molecule has 0 radical (unpaired) electrons. The Kier molecular flexibility index (Phi) is 5.96. The average molecular weight is 485 g/mol. The first-order valence-corrected chi connectivity index (χ1v) is 12.5. The van der Waals surface area contributed by atoms with Crippen LogP contribution in [-0.2, 0) is 21.2 Å². The van der Waals surface area contributed by atoms with Gasteiger partial charge in [-0.2, -0.15) is 9.40 Å². The SMILES string of the molecule is O=C(Cc1n[nH]c(=O)c2ccccc12)N1CCN(S(=O)(=O)c2ccc3c(c2)OCCCO3)CC1. The summed E-state index contributed by atoms with van der Waals surface area (Å²) in [6.45, 7) is 1.90. The fourth-order valence-corrected chi connectivity index (χ4v) is 5.63. The Bertz CT molecular complexity index is 1400. The third-order valence-corrected chi connectivity index (χ3v) is 7.94. The van der Waals surface area contributed by atoms with Gasteiger partial charge in [0.2, 0.25) is 15.9 Å². The number of benzene rings is 2. The molecule has 1 fully saturated rings. The molecule has 2 aliphatic heterocycles. The van der Waals surface area contributed by atoms with Gasteiger partial charge in [-0.3, -0.25) is 9.59 Å². The first-order valence-electron chi connectivity index (χ1n) is 11.1.